The molecule has 0 saturated carbocycles. The molecule has 4 nitrogen and oxygen atoms in total. The van der Waals surface area contributed by atoms with Crippen molar-refractivity contribution < 1.29 is 14.7 Å². The molecule has 108 valence electrons. The molecule has 1 atom stereocenters. The van der Waals surface area contributed by atoms with Gasteiger partial charge in [-0.1, -0.05) is 30.7 Å². The van der Waals surface area contributed by atoms with E-state index in [1.54, 1.807) is 0 Å². The van der Waals surface area contributed by atoms with Crippen molar-refractivity contribution in [3.63, 3.8) is 0 Å². The van der Waals surface area contributed by atoms with Crippen LogP contribution < -0.4 is 0 Å². The lowest BCUT2D eigenvalue weighted by atomic mass is 9.96. The third-order valence-electron chi connectivity index (χ3n) is 3.79. The van der Waals surface area contributed by atoms with E-state index in [0.717, 1.165) is 16.7 Å². The molecule has 1 aromatic carbocycles. The molecule has 0 spiro atoms. The van der Waals surface area contributed by atoms with E-state index in [-0.39, 0.29) is 24.3 Å². The fraction of sp³-hybridized carbons (Fsp3) is 0.500. The van der Waals surface area contributed by atoms with Gasteiger partial charge in [0.2, 0.25) is 11.8 Å². The largest absolute Gasteiger partial charge is 0.387 e. The molecule has 1 aromatic rings. The van der Waals surface area contributed by atoms with Crippen molar-refractivity contribution in [3.05, 3.63) is 34.9 Å². The van der Waals surface area contributed by atoms with Crippen molar-refractivity contribution in [2.45, 2.75) is 39.7 Å². The van der Waals surface area contributed by atoms with Gasteiger partial charge in [-0.15, -0.1) is 0 Å². The molecular formula is C16H21NO3. The van der Waals surface area contributed by atoms with E-state index >= 15 is 0 Å². The third-order valence-corrected chi connectivity index (χ3v) is 3.79. The van der Waals surface area contributed by atoms with Gasteiger partial charge in [-0.25, -0.2) is 0 Å². The number of amides is 2. The van der Waals surface area contributed by atoms with Crippen molar-refractivity contribution in [2.24, 2.45) is 5.92 Å². The number of benzene rings is 1. The van der Waals surface area contributed by atoms with Crippen LogP contribution in [0.5, 0.6) is 0 Å². The smallest absolute Gasteiger partial charge is 0.229 e. The number of carbonyl (C=O) groups is 2. The predicted octanol–water partition coefficient (Wildman–Crippen LogP) is 2.12. The zero-order chi connectivity index (χ0) is 14.9. The number of piperidine rings is 1. The Hall–Kier alpha value is -1.68. The van der Waals surface area contributed by atoms with Crippen LogP contribution in [0, 0.1) is 19.8 Å². The maximum absolute atomic E-state index is 11.9. The van der Waals surface area contributed by atoms with Gasteiger partial charge in [-0.05, 0) is 30.9 Å². The van der Waals surface area contributed by atoms with Gasteiger partial charge in [0.1, 0.15) is 0 Å². The van der Waals surface area contributed by atoms with Crippen LogP contribution in [0.2, 0.25) is 0 Å². The predicted molar refractivity (Wildman–Crippen MR) is 76.0 cm³/mol. The highest BCUT2D eigenvalue weighted by atomic mass is 16.3. The second-order valence-electron chi connectivity index (χ2n) is 5.79. The fourth-order valence-electron chi connectivity index (χ4n) is 2.70. The SMILES string of the molecule is Cc1ccc(C(O)CN2C(=O)CC(C)CC2=O)c(C)c1. The first-order valence-electron chi connectivity index (χ1n) is 6.97. The van der Waals surface area contributed by atoms with Gasteiger partial charge in [-0.2, -0.15) is 0 Å². The van der Waals surface area contributed by atoms with E-state index in [9.17, 15) is 14.7 Å². The van der Waals surface area contributed by atoms with E-state index in [2.05, 4.69) is 0 Å². The number of nitrogens with zero attached hydrogens (tertiary/aromatic N) is 1. The van der Waals surface area contributed by atoms with Gasteiger partial charge in [-0.3, -0.25) is 14.5 Å². The summed E-state index contributed by atoms with van der Waals surface area (Å²) in [6.45, 7) is 5.86. The van der Waals surface area contributed by atoms with Crippen LogP contribution >= 0.6 is 0 Å². The number of imide groups is 1. The fourth-order valence-corrected chi connectivity index (χ4v) is 2.70. The van der Waals surface area contributed by atoms with E-state index < -0.39 is 6.10 Å². The summed E-state index contributed by atoms with van der Waals surface area (Å²) in [7, 11) is 0. The summed E-state index contributed by atoms with van der Waals surface area (Å²) in [5.74, 6) is -0.264. The summed E-state index contributed by atoms with van der Waals surface area (Å²) in [5, 5.41) is 10.3. The van der Waals surface area contributed by atoms with Crippen LogP contribution in [-0.4, -0.2) is 28.4 Å². The minimum absolute atomic E-state index is 0.0499. The molecule has 0 aromatic heterocycles. The molecule has 1 aliphatic heterocycles. The molecule has 1 saturated heterocycles. The maximum Gasteiger partial charge on any atom is 0.229 e. The summed E-state index contributed by atoms with van der Waals surface area (Å²) in [4.78, 5) is 25.0. The van der Waals surface area contributed by atoms with Gasteiger partial charge < -0.3 is 5.11 Å². The number of carbonyl (C=O) groups excluding carboxylic acids is 2. The lowest BCUT2D eigenvalue weighted by Crippen LogP contribution is -2.44. The Morgan fingerprint density at radius 3 is 2.40 bits per heavy atom. The Labute approximate surface area is 119 Å². The van der Waals surface area contributed by atoms with Crippen LogP contribution in [0.25, 0.3) is 0 Å². The number of hydrogen-bond donors (Lipinski definition) is 1. The molecule has 0 bridgehead atoms. The Morgan fingerprint density at radius 1 is 1.25 bits per heavy atom. The van der Waals surface area contributed by atoms with Crippen LogP contribution in [0.3, 0.4) is 0 Å². The molecule has 1 unspecified atom stereocenters. The number of aliphatic hydroxyl groups is 1. The summed E-state index contributed by atoms with van der Waals surface area (Å²) < 4.78 is 0. The average molecular weight is 275 g/mol. The highest BCUT2D eigenvalue weighted by molar-refractivity contribution is 5.97. The normalized spacial score (nSPS) is 18.5. The Kier molecular flexibility index (Phi) is 4.23. The molecule has 4 heteroatoms. The van der Waals surface area contributed by atoms with Crippen LogP contribution in [0.15, 0.2) is 18.2 Å². The first kappa shape index (κ1) is 14.7. The Morgan fingerprint density at radius 2 is 1.85 bits per heavy atom. The topological polar surface area (TPSA) is 57.6 Å². The van der Waals surface area contributed by atoms with Gasteiger partial charge >= 0.3 is 0 Å². The molecule has 0 radical (unpaired) electrons. The zero-order valence-corrected chi connectivity index (χ0v) is 12.2. The first-order chi connectivity index (χ1) is 9.38. The van der Waals surface area contributed by atoms with Crippen molar-refractivity contribution in [1.82, 2.24) is 4.90 Å². The molecule has 20 heavy (non-hydrogen) atoms. The van der Waals surface area contributed by atoms with Gasteiger partial charge in [0, 0.05) is 12.8 Å². The molecule has 2 rings (SSSR count). The molecular weight excluding hydrogens is 254 g/mol. The number of aliphatic hydroxyl groups excluding tert-OH is 1. The minimum atomic E-state index is -0.822. The second kappa shape index (κ2) is 5.75. The number of likely N-dealkylation sites (tertiary alicyclic amines) is 1. The minimum Gasteiger partial charge on any atom is -0.387 e. The summed E-state index contributed by atoms with van der Waals surface area (Å²) in [6, 6.07) is 5.77. The maximum atomic E-state index is 11.9. The molecule has 0 aliphatic carbocycles. The zero-order valence-electron chi connectivity index (χ0n) is 12.2. The molecule has 2 amide bonds. The Balaban J connectivity index is 2.12. The van der Waals surface area contributed by atoms with Crippen LogP contribution in [-0.2, 0) is 9.59 Å². The summed E-state index contributed by atoms with van der Waals surface area (Å²) >= 11 is 0. The highest BCUT2D eigenvalue weighted by Crippen LogP contribution is 2.24. The molecule has 1 heterocycles. The van der Waals surface area contributed by atoms with Gasteiger partial charge in [0.15, 0.2) is 0 Å². The van der Waals surface area contributed by atoms with E-state index in [0.29, 0.717) is 12.8 Å². The van der Waals surface area contributed by atoms with Gasteiger partial charge in [0.05, 0.1) is 12.6 Å². The number of aryl methyl sites for hydroxylation is 2. The summed E-state index contributed by atoms with van der Waals surface area (Å²) in [5.41, 5.74) is 2.87. The van der Waals surface area contributed by atoms with Crippen molar-refractivity contribution in [3.8, 4) is 0 Å². The number of hydrogen-bond acceptors (Lipinski definition) is 3. The lowest BCUT2D eigenvalue weighted by Gasteiger charge is -2.30. The van der Waals surface area contributed by atoms with Crippen LogP contribution in [0.1, 0.15) is 42.6 Å². The molecule has 1 N–H and O–H groups in total. The Bertz CT molecular complexity index is 521. The molecule has 1 aliphatic rings. The standard InChI is InChI=1S/C16H21NO3/c1-10-4-5-13(12(3)6-10)14(18)9-17-15(19)7-11(2)8-16(17)20/h4-6,11,14,18H,7-9H2,1-3H3. The molecule has 1 fully saturated rings. The lowest BCUT2D eigenvalue weighted by molar-refractivity contribution is -0.151. The van der Waals surface area contributed by atoms with Crippen molar-refractivity contribution >= 4 is 11.8 Å². The highest BCUT2D eigenvalue weighted by Gasteiger charge is 2.31. The third kappa shape index (κ3) is 3.07. The second-order valence-corrected chi connectivity index (χ2v) is 5.79. The number of rotatable bonds is 3. The number of β-amino-alcohol motifs (C(OH)–C–C–N with tert-alkyl or cyclic N) is 1. The van der Waals surface area contributed by atoms with Gasteiger partial charge in [0.25, 0.3) is 0 Å². The van der Waals surface area contributed by atoms with E-state index in [4.69, 9.17) is 0 Å². The van der Waals surface area contributed by atoms with Crippen LogP contribution in [0.4, 0.5) is 0 Å². The quantitative estimate of drug-likeness (QED) is 0.860. The monoisotopic (exact) mass is 275 g/mol. The van der Waals surface area contributed by atoms with E-state index in [1.807, 2.05) is 39.0 Å². The van der Waals surface area contributed by atoms with E-state index in [1.165, 1.54) is 4.90 Å². The first-order valence-corrected chi connectivity index (χ1v) is 6.97. The van der Waals surface area contributed by atoms with Crippen molar-refractivity contribution in [1.29, 1.82) is 0 Å². The van der Waals surface area contributed by atoms with Crippen molar-refractivity contribution in [2.75, 3.05) is 6.54 Å². The average Bonchev–Trinajstić information content (AvgIpc) is 2.33. The summed E-state index contributed by atoms with van der Waals surface area (Å²) in [6.07, 6.45) is -0.0617.